The lowest BCUT2D eigenvalue weighted by Crippen LogP contribution is -2.51. The van der Waals surface area contributed by atoms with Crippen LogP contribution in [0.4, 0.5) is 0 Å². The van der Waals surface area contributed by atoms with E-state index in [-0.39, 0.29) is 5.97 Å². The first-order valence-corrected chi connectivity index (χ1v) is 7.49. The van der Waals surface area contributed by atoms with Gasteiger partial charge in [-0.2, -0.15) is 0 Å². The second-order valence-corrected chi connectivity index (χ2v) is 5.79. The molecule has 0 amide bonds. The highest BCUT2D eigenvalue weighted by molar-refractivity contribution is 5.80. The van der Waals surface area contributed by atoms with Crippen molar-refractivity contribution < 1.29 is 14.3 Å². The second kappa shape index (κ2) is 7.85. The van der Waals surface area contributed by atoms with E-state index in [1.807, 2.05) is 6.92 Å². The molecular formula is C15H29NO3. The Kier molecular flexibility index (Phi) is 6.80. The number of carbonyl (C=O) groups is 1. The summed E-state index contributed by atoms with van der Waals surface area (Å²) >= 11 is 0. The van der Waals surface area contributed by atoms with Crippen molar-refractivity contribution in [2.75, 3.05) is 13.7 Å². The third kappa shape index (κ3) is 5.91. The minimum atomic E-state index is -0.535. The molecule has 1 aliphatic rings. The van der Waals surface area contributed by atoms with E-state index >= 15 is 0 Å². The normalized spacial score (nSPS) is 19.8. The largest absolute Gasteiger partial charge is 0.468 e. The summed E-state index contributed by atoms with van der Waals surface area (Å²) in [6.45, 7) is 6.94. The Hall–Kier alpha value is -0.610. The van der Waals surface area contributed by atoms with Gasteiger partial charge in [0.2, 0.25) is 0 Å². The molecule has 2 atom stereocenters. The van der Waals surface area contributed by atoms with Crippen LogP contribution >= 0.6 is 0 Å². The van der Waals surface area contributed by atoms with Gasteiger partial charge in [0, 0.05) is 12.6 Å². The number of esters is 1. The molecule has 0 heterocycles. The summed E-state index contributed by atoms with van der Waals surface area (Å²) in [5.74, 6) is -0.151. The number of methoxy groups -OCH3 is 1. The van der Waals surface area contributed by atoms with Gasteiger partial charge in [-0.25, -0.2) is 0 Å². The Balaban J connectivity index is 2.26. The predicted octanol–water partition coefficient (Wildman–Crippen LogP) is 2.66. The molecule has 0 radical (unpaired) electrons. The van der Waals surface area contributed by atoms with Crippen LogP contribution in [0.25, 0.3) is 0 Å². The van der Waals surface area contributed by atoms with Gasteiger partial charge >= 0.3 is 5.97 Å². The molecule has 19 heavy (non-hydrogen) atoms. The highest BCUT2D eigenvalue weighted by atomic mass is 16.5. The van der Waals surface area contributed by atoms with Crippen LogP contribution in [0, 0.1) is 0 Å². The van der Waals surface area contributed by atoms with Crippen molar-refractivity contribution >= 4 is 5.97 Å². The van der Waals surface area contributed by atoms with Crippen LogP contribution in [0.5, 0.6) is 0 Å². The minimum Gasteiger partial charge on any atom is -0.468 e. The lowest BCUT2D eigenvalue weighted by Gasteiger charge is -2.28. The summed E-state index contributed by atoms with van der Waals surface area (Å²) in [6, 6.07) is 0.500. The molecule has 0 aromatic rings. The van der Waals surface area contributed by atoms with E-state index in [2.05, 4.69) is 19.2 Å². The van der Waals surface area contributed by atoms with Gasteiger partial charge in [0.1, 0.15) is 5.54 Å². The maximum absolute atomic E-state index is 11.9. The Morgan fingerprint density at radius 1 is 1.42 bits per heavy atom. The molecule has 0 aliphatic heterocycles. The summed E-state index contributed by atoms with van der Waals surface area (Å²) in [4.78, 5) is 11.9. The number of hydrogen-bond acceptors (Lipinski definition) is 4. The molecule has 2 unspecified atom stereocenters. The van der Waals surface area contributed by atoms with Gasteiger partial charge in [0.25, 0.3) is 0 Å². The third-order valence-corrected chi connectivity index (χ3v) is 3.78. The second-order valence-electron chi connectivity index (χ2n) is 5.79. The van der Waals surface area contributed by atoms with E-state index in [0.29, 0.717) is 12.1 Å². The lowest BCUT2D eigenvalue weighted by atomic mass is 9.94. The average molecular weight is 271 g/mol. The Labute approximate surface area is 117 Å². The summed E-state index contributed by atoms with van der Waals surface area (Å²) < 4.78 is 10.6. The van der Waals surface area contributed by atoms with E-state index in [4.69, 9.17) is 9.47 Å². The molecule has 1 saturated carbocycles. The van der Waals surface area contributed by atoms with Crippen LogP contribution in [0.3, 0.4) is 0 Å². The van der Waals surface area contributed by atoms with Gasteiger partial charge in [0.05, 0.1) is 13.2 Å². The zero-order valence-corrected chi connectivity index (χ0v) is 12.8. The van der Waals surface area contributed by atoms with E-state index in [1.54, 1.807) is 0 Å². The molecule has 0 aromatic heterocycles. The molecule has 4 heteroatoms. The van der Waals surface area contributed by atoms with Crippen molar-refractivity contribution in [3.8, 4) is 0 Å². The van der Waals surface area contributed by atoms with Gasteiger partial charge in [-0.3, -0.25) is 10.1 Å². The van der Waals surface area contributed by atoms with Crippen LogP contribution in [-0.2, 0) is 14.3 Å². The van der Waals surface area contributed by atoms with Crippen molar-refractivity contribution in [1.29, 1.82) is 0 Å². The number of carbonyl (C=O) groups excluding carboxylic acids is 1. The van der Waals surface area contributed by atoms with Gasteiger partial charge in [-0.1, -0.05) is 6.92 Å². The van der Waals surface area contributed by atoms with Crippen LogP contribution in [0.15, 0.2) is 0 Å². The Bertz CT molecular complexity index is 279. The first-order chi connectivity index (χ1) is 9.01. The molecule has 0 spiro atoms. The molecule has 0 saturated heterocycles. The van der Waals surface area contributed by atoms with Crippen LogP contribution < -0.4 is 5.32 Å². The smallest absolute Gasteiger partial charge is 0.325 e. The number of nitrogens with one attached hydrogen (secondary N) is 1. The zero-order valence-electron chi connectivity index (χ0n) is 12.8. The maximum atomic E-state index is 11.9. The van der Waals surface area contributed by atoms with Crippen molar-refractivity contribution in [3.63, 3.8) is 0 Å². The first kappa shape index (κ1) is 16.4. The number of ether oxygens (including phenoxy) is 2. The fourth-order valence-corrected chi connectivity index (χ4v) is 2.12. The highest BCUT2D eigenvalue weighted by Crippen LogP contribution is 2.26. The summed E-state index contributed by atoms with van der Waals surface area (Å²) in [6.07, 6.45) is 6.48. The summed E-state index contributed by atoms with van der Waals surface area (Å²) in [7, 11) is 1.46. The Morgan fingerprint density at radius 2 is 2.11 bits per heavy atom. The molecule has 1 aliphatic carbocycles. The zero-order chi connectivity index (χ0) is 14.3. The van der Waals surface area contributed by atoms with Gasteiger partial charge in [0.15, 0.2) is 0 Å². The van der Waals surface area contributed by atoms with Crippen molar-refractivity contribution in [2.24, 2.45) is 0 Å². The Morgan fingerprint density at radius 3 is 2.63 bits per heavy atom. The lowest BCUT2D eigenvalue weighted by molar-refractivity contribution is -0.148. The molecule has 4 nitrogen and oxygen atoms in total. The van der Waals surface area contributed by atoms with Crippen molar-refractivity contribution in [2.45, 2.75) is 77.0 Å². The average Bonchev–Trinajstić information content (AvgIpc) is 3.20. The molecule has 1 rings (SSSR count). The summed E-state index contributed by atoms with van der Waals surface area (Å²) in [5.41, 5.74) is -0.535. The van der Waals surface area contributed by atoms with Crippen molar-refractivity contribution in [1.82, 2.24) is 5.32 Å². The molecule has 1 fully saturated rings. The van der Waals surface area contributed by atoms with Crippen molar-refractivity contribution in [3.05, 3.63) is 0 Å². The fraction of sp³-hybridized carbons (Fsp3) is 0.933. The number of unbranched alkanes of at least 4 members (excludes halogenated alkanes) is 1. The highest BCUT2D eigenvalue weighted by Gasteiger charge is 2.38. The fourth-order valence-electron chi connectivity index (χ4n) is 2.12. The van der Waals surface area contributed by atoms with Crippen LogP contribution in [0.2, 0.25) is 0 Å². The van der Waals surface area contributed by atoms with Crippen LogP contribution in [-0.4, -0.2) is 37.4 Å². The van der Waals surface area contributed by atoms with Crippen LogP contribution in [0.1, 0.15) is 59.3 Å². The molecule has 0 bridgehead atoms. The minimum absolute atomic E-state index is 0.151. The molecule has 1 N–H and O–H groups in total. The topological polar surface area (TPSA) is 47.6 Å². The molecule has 112 valence electrons. The van der Waals surface area contributed by atoms with E-state index in [0.717, 1.165) is 32.3 Å². The molecule has 0 aromatic carbocycles. The van der Waals surface area contributed by atoms with E-state index in [9.17, 15) is 4.79 Å². The van der Waals surface area contributed by atoms with E-state index in [1.165, 1.54) is 20.0 Å². The quantitative estimate of drug-likeness (QED) is 0.490. The number of hydrogen-bond donors (Lipinski definition) is 1. The maximum Gasteiger partial charge on any atom is 0.325 e. The predicted molar refractivity (Wildman–Crippen MR) is 76.1 cm³/mol. The standard InChI is InChI=1S/C15H29NO3/c1-5-12(2)19-11-7-6-10-15(3,14(17)18-4)16-13-8-9-13/h12-13,16H,5-11H2,1-4H3. The van der Waals surface area contributed by atoms with Gasteiger partial charge < -0.3 is 9.47 Å². The van der Waals surface area contributed by atoms with Gasteiger partial charge in [-0.15, -0.1) is 0 Å². The third-order valence-electron chi connectivity index (χ3n) is 3.78. The molecular weight excluding hydrogens is 242 g/mol. The first-order valence-electron chi connectivity index (χ1n) is 7.49. The SMILES string of the molecule is CCC(C)OCCCCC(C)(NC1CC1)C(=O)OC. The monoisotopic (exact) mass is 271 g/mol. The van der Waals surface area contributed by atoms with E-state index < -0.39 is 5.54 Å². The van der Waals surface area contributed by atoms with Gasteiger partial charge in [-0.05, 0) is 52.4 Å². The summed E-state index contributed by atoms with van der Waals surface area (Å²) in [5, 5.41) is 3.41. The number of rotatable bonds is 10.